The van der Waals surface area contributed by atoms with Crippen molar-refractivity contribution in [1.29, 1.82) is 0 Å². The van der Waals surface area contributed by atoms with E-state index in [-0.39, 0.29) is 23.9 Å². The van der Waals surface area contributed by atoms with Crippen LogP contribution in [0.2, 0.25) is 0 Å². The first kappa shape index (κ1) is 16.5. The fourth-order valence-corrected chi connectivity index (χ4v) is 2.83. The van der Waals surface area contributed by atoms with E-state index in [1.165, 1.54) is 28.9 Å². The first-order valence-corrected chi connectivity index (χ1v) is 7.94. The van der Waals surface area contributed by atoms with Crippen molar-refractivity contribution < 1.29 is 9.59 Å². The average molecular weight is 302 g/mol. The van der Waals surface area contributed by atoms with Crippen molar-refractivity contribution in [2.75, 3.05) is 13.6 Å². The van der Waals surface area contributed by atoms with Gasteiger partial charge in [0.1, 0.15) is 0 Å². The molecule has 120 valence electrons. The van der Waals surface area contributed by atoms with E-state index in [2.05, 4.69) is 11.4 Å². The third-order valence-corrected chi connectivity index (χ3v) is 3.84. The molecule has 1 aromatic rings. The summed E-state index contributed by atoms with van der Waals surface area (Å²) in [5.41, 5.74) is 3.03. The van der Waals surface area contributed by atoms with Crippen LogP contribution in [0.5, 0.6) is 0 Å². The van der Waals surface area contributed by atoms with Crippen molar-refractivity contribution in [2.24, 2.45) is 0 Å². The number of carbonyl (C=O) groups excluding carboxylic acids is 2. The van der Waals surface area contributed by atoms with Crippen LogP contribution in [0.1, 0.15) is 55.1 Å². The number of hydrogen-bond donors (Lipinski definition) is 1. The first-order chi connectivity index (χ1) is 10.3. The molecule has 0 aromatic heterocycles. The average Bonchev–Trinajstić information content (AvgIpc) is 2.43. The minimum Gasteiger partial charge on any atom is -0.350 e. The van der Waals surface area contributed by atoms with Gasteiger partial charge in [-0.1, -0.05) is 6.07 Å². The van der Waals surface area contributed by atoms with Crippen molar-refractivity contribution in [3.63, 3.8) is 0 Å². The topological polar surface area (TPSA) is 49.4 Å². The van der Waals surface area contributed by atoms with Crippen molar-refractivity contribution in [3.05, 3.63) is 34.9 Å². The highest BCUT2D eigenvalue weighted by atomic mass is 16.2. The third kappa shape index (κ3) is 4.33. The molecule has 1 aliphatic carbocycles. The molecule has 2 amide bonds. The Morgan fingerprint density at radius 1 is 1.14 bits per heavy atom. The van der Waals surface area contributed by atoms with Crippen LogP contribution >= 0.6 is 0 Å². The maximum atomic E-state index is 12.5. The van der Waals surface area contributed by atoms with Gasteiger partial charge in [0.05, 0.1) is 6.54 Å². The maximum absolute atomic E-state index is 12.5. The van der Waals surface area contributed by atoms with Crippen LogP contribution in [-0.4, -0.2) is 35.8 Å². The molecule has 0 saturated heterocycles. The second kappa shape index (κ2) is 6.51. The lowest BCUT2D eigenvalue weighted by Crippen LogP contribution is -2.46. The van der Waals surface area contributed by atoms with Crippen LogP contribution in [0.4, 0.5) is 0 Å². The van der Waals surface area contributed by atoms with Gasteiger partial charge in [0.15, 0.2) is 0 Å². The second-order valence-corrected chi connectivity index (χ2v) is 7.15. The van der Waals surface area contributed by atoms with Crippen molar-refractivity contribution in [3.8, 4) is 0 Å². The molecule has 4 nitrogen and oxygen atoms in total. The largest absolute Gasteiger partial charge is 0.350 e. The van der Waals surface area contributed by atoms with Gasteiger partial charge in [0.25, 0.3) is 5.91 Å². The van der Waals surface area contributed by atoms with E-state index in [0.717, 1.165) is 12.8 Å². The highest BCUT2D eigenvalue weighted by molar-refractivity contribution is 5.96. The third-order valence-electron chi connectivity index (χ3n) is 3.84. The molecular formula is C18H26N2O2. The molecule has 0 unspecified atom stereocenters. The van der Waals surface area contributed by atoms with E-state index >= 15 is 0 Å². The zero-order chi connectivity index (χ0) is 16.3. The molecule has 0 spiro atoms. The van der Waals surface area contributed by atoms with Gasteiger partial charge in [0.2, 0.25) is 5.91 Å². The summed E-state index contributed by atoms with van der Waals surface area (Å²) in [6, 6.07) is 5.93. The lowest BCUT2D eigenvalue weighted by atomic mass is 9.90. The van der Waals surface area contributed by atoms with Gasteiger partial charge in [0, 0.05) is 18.2 Å². The Balaban J connectivity index is 2.03. The molecule has 0 saturated carbocycles. The van der Waals surface area contributed by atoms with Gasteiger partial charge in [-0.05, 0) is 69.7 Å². The van der Waals surface area contributed by atoms with Crippen molar-refractivity contribution >= 4 is 11.8 Å². The summed E-state index contributed by atoms with van der Waals surface area (Å²) >= 11 is 0. The van der Waals surface area contributed by atoms with E-state index < -0.39 is 0 Å². The number of rotatable bonds is 3. The van der Waals surface area contributed by atoms with Gasteiger partial charge >= 0.3 is 0 Å². The van der Waals surface area contributed by atoms with E-state index in [0.29, 0.717) is 5.56 Å². The molecule has 0 bridgehead atoms. The number of likely N-dealkylation sites (N-methyl/N-ethyl adjacent to an activating group) is 1. The fraction of sp³-hybridized carbons (Fsp3) is 0.556. The Kier molecular flexibility index (Phi) is 4.89. The molecule has 1 aromatic carbocycles. The van der Waals surface area contributed by atoms with Crippen LogP contribution in [0.25, 0.3) is 0 Å². The predicted octanol–water partition coefficient (Wildman–Crippen LogP) is 2.55. The second-order valence-electron chi connectivity index (χ2n) is 7.15. The summed E-state index contributed by atoms with van der Waals surface area (Å²) in [5.74, 6) is -0.237. The summed E-state index contributed by atoms with van der Waals surface area (Å²) in [6.45, 7) is 5.86. The Bertz CT molecular complexity index is 573. The summed E-state index contributed by atoms with van der Waals surface area (Å²) in [6.07, 6.45) is 4.57. The quantitative estimate of drug-likeness (QED) is 0.933. The molecule has 0 aliphatic heterocycles. The lowest BCUT2D eigenvalue weighted by Gasteiger charge is -2.24. The highest BCUT2D eigenvalue weighted by Gasteiger charge is 2.20. The number of amides is 2. The Hall–Kier alpha value is -1.84. The molecule has 0 heterocycles. The minimum absolute atomic E-state index is 0.0766. The SMILES string of the molecule is CN(CC(=O)NC(C)(C)C)C(=O)c1ccc2c(c1)CCCC2. The molecule has 4 heteroatoms. The lowest BCUT2D eigenvalue weighted by molar-refractivity contribution is -0.122. The number of nitrogens with zero attached hydrogens (tertiary/aromatic N) is 1. The van der Waals surface area contributed by atoms with Crippen LogP contribution in [-0.2, 0) is 17.6 Å². The standard InChI is InChI=1S/C18H26N2O2/c1-18(2,3)19-16(21)12-20(4)17(22)15-10-9-13-7-5-6-8-14(13)11-15/h9-11H,5-8,12H2,1-4H3,(H,19,21). The van der Waals surface area contributed by atoms with E-state index in [9.17, 15) is 9.59 Å². The van der Waals surface area contributed by atoms with Crippen LogP contribution < -0.4 is 5.32 Å². The van der Waals surface area contributed by atoms with E-state index in [4.69, 9.17) is 0 Å². The monoisotopic (exact) mass is 302 g/mol. The number of benzene rings is 1. The molecule has 0 fully saturated rings. The van der Waals surface area contributed by atoms with Crippen LogP contribution in [0.15, 0.2) is 18.2 Å². The number of carbonyl (C=O) groups is 2. The Labute approximate surface area is 132 Å². The van der Waals surface area contributed by atoms with Gasteiger partial charge < -0.3 is 10.2 Å². The molecular weight excluding hydrogens is 276 g/mol. The van der Waals surface area contributed by atoms with Crippen molar-refractivity contribution in [2.45, 2.75) is 52.0 Å². The van der Waals surface area contributed by atoms with Gasteiger partial charge in [-0.15, -0.1) is 0 Å². The number of hydrogen-bond acceptors (Lipinski definition) is 2. The van der Waals surface area contributed by atoms with Crippen LogP contribution in [0.3, 0.4) is 0 Å². The molecule has 0 radical (unpaired) electrons. The first-order valence-electron chi connectivity index (χ1n) is 7.94. The van der Waals surface area contributed by atoms with E-state index in [1.807, 2.05) is 32.9 Å². The van der Waals surface area contributed by atoms with Gasteiger partial charge in [-0.3, -0.25) is 9.59 Å². The van der Waals surface area contributed by atoms with Gasteiger partial charge in [-0.25, -0.2) is 0 Å². The number of fused-ring (bicyclic) bond motifs is 1. The summed E-state index contributed by atoms with van der Waals surface area (Å²) in [5, 5.41) is 2.87. The normalized spacial score (nSPS) is 14.2. The predicted molar refractivity (Wildman–Crippen MR) is 87.9 cm³/mol. The van der Waals surface area contributed by atoms with Crippen LogP contribution in [0, 0.1) is 0 Å². The van der Waals surface area contributed by atoms with E-state index in [1.54, 1.807) is 7.05 Å². The smallest absolute Gasteiger partial charge is 0.254 e. The Morgan fingerprint density at radius 3 is 2.41 bits per heavy atom. The maximum Gasteiger partial charge on any atom is 0.254 e. The fourth-order valence-electron chi connectivity index (χ4n) is 2.83. The molecule has 1 aliphatic rings. The molecule has 2 rings (SSSR count). The summed E-state index contributed by atoms with van der Waals surface area (Å²) in [4.78, 5) is 25.9. The Morgan fingerprint density at radius 2 is 1.77 bits per heavy atom. The highest BCUT2D eigenvalue weighted by Crippen LogP contribution is 2.22. The summed E-state index contributed by atoms with van der Waals surface area (Å²) in [7, 11) is 1.67. The number of aryl methyl sites for hydroxylation is 2. The molecule has 1 N–H and O–H groups in total. The molecule has 0 atom stereocenters. The minimum atomic E-state index is -0.285. The zero-order valence-corrected chi connectivity index (χ0v) is 14.0. The van der Waals surface area contributed by atoms with Gasteiger partial charge in [-0.2, -0.15) is 0 Å². The molecule has 22 heavy (non-hydrogen) atoms. The number of nitrogens with one attached hydrogen (secondary N) is 1. The summed E-state index contributed by atoms with van der Waals surface area (Å²) < 4.78 is 0. The zero-order valence-electron chi connectivity index (χ0n) is 14.0. The van der Waals surface area contributed by atoms with Crippen molar-refractivity contribution in [1.82, 2.24) is 10.2 Å².